The first kappa shape index (κ1) is 16.0. The van der Waals surface area contributed by atoms with Gasteiger partial charge in [0.15, 0.2) is 0 Å². The Labute approximate surface area is 132 Å². The zero-order valence-corrected chi connectivity index (χ0v) is 12.6. The lowest BCUT2D eigenvalue weighted by molar-refractivity contribution is -0.129. The molecule has 7 heteroatoms. The fraction of sp³-hybridized carbons (Fsp3) is 0.200. The Morgan fingerprint density at radius 2 is 2.09 bits per heavy atom. The molecule has 1 aromatic carbocycles. The van der Waals surface area contributed by atoms with Crippen LogP contribution in [0.25, 0.3) is 0 Å². The third kappa shape index (κ3) is 4.57. The van der Waals surface area contributed by atoms with Gasteiger partial charge in [-0.1, -0.05) is 12.1 Å². The second kappa shape index (κ2) is 8.16. The molecule has 2 rings (SSSR count). The first-order valence-electron chi connectivity index (χ1n) is 6.67. The minimum absolute atomic E-state index is 0.0831. The predicted molar refractivity (Wildman–Crippen MR) is 85.6 cm³/mol. The Kier molecular flexibility index (Phi) is 5.93. The van der Waals surface area contributed by atoms with Crippen molar-refractivity contribution >= 4 is 29.5 Å². The fourth-order valence-electron chi connectivity index (χ4n) is 1.88. The topological polar surface area (TPSA) is 93.4 Å². The summed E-state index contributed by atoms with van der Waals surface area (Å²) in [6.07, 6.45) is 0. The van der Waals surface area contributed by atoms with Crippen LogP contribution in [0.4, 0.5) is 10.5 Å². The van der Waals surface area contributed by atoms with E-state index in [-0.39, 0.29) is 18.7 Å². The number of rotatable bonds is 7. The molecule has 1 unspecified atom stereocenters. The molecule has 6 nitrogen and oxygen atoms in total. The van der Waals surface area contributed by atoms with E-state index in [2.05, 4.69) is 10.6 Å². The minimum Gasteiger partial charge on any atom is -0.465 e. The number of anilines is 1. The predicted octanol–water partition coefficient (Wildman–Crippen LogP) is 2.24. The van der Waals surface area contributed by atoms with Gasteiger partial charge in [0.1, 0.15) is 6.61 Å². The molecule has 2 aromatic rings. The van der Waals surface area contributed by atoms with Crippen LogP contribution in [0.15, 0.2) is 41.1 Å². The summed E-state index contributed by atoms with van der Waals surface area (Å²) < 4.78 is 4.77. The molecule has 0 radical (unpaired) electrons. The van der Waals surface area contributed by atoms with E-state index >= 15 is 0 Å². The molecule has 0 spiro atoms. The van der Waals surface area contributed by atoms with E-state index in [0.717, 1.165) is 11.1 Å². The summed E-state index contributed by atoms with van der Waals surface area (Å²) in [5, 5.41) is 9.31. The van der Waals surface area contributed by atoms with Crippen molar-refractivity contribution in [2.75, 3.05) is 11.9 Å². The number of hydrogen-bond donors (Lipinski definition) is 3. The summed E-state index contributed by atoms with van der Waals surface area (Å²) in [6.45, 7) is 0.903. The smallest absolute Gasteiger partial charge is 0.319 e. The number of urea groups is 1. The molecule has 4 N–H and O–H groups in total. The van der Waals surface area contributed by atoms with Crippen LogP contribution in [0, 0.1) is 0 Å². The molecule has 0 saturated heterocycles. The van der Waals surface area contributed by atoms with Crippen molar-refractivity contribution in [3.63, 3.8) is 0 Å². The quantitative estimate of drug-likeness (QED) is 0.682. The van der Waals surface area contributed by atoms with Gasteiger partial charge in [-0.15, -0.1) is 0 Å². The molecule has 116 valence electrons. The normalized spacial score (nSPS) is 11.5. The van der Waals surface area contributed by atoms with Gasteiger partial charge in [0.05, 0.1) is 6.04 Å². The van der Waals surface area contributed by atoms with Gasteiger partial charge in [-0.05, 0) is 40.1 Å². The van der Waals surface area contributed by atoms with Crippen LogP contribution < -0.4 is 16.4 Å². The van der Waals surface area contributed by atoms with Crippen molar-refractivity contribution in [3.8, 4) is 0 Å². The minimum atomic E-state index is -0.389. The van der Waals surface area contributed by atoms with E-state index in [1.54, 1.807) is 12.1 Å². The summed E-state index contributed by atoms with van der Waals surface area (Å²) in [4.78, 5) is 22.4. The fourth-order valence-corrected chi connectivity index (χ4v) is 2.59. The van der Waals surface area contributed by atoms with Crippen molar-refractivity contribution in [1.29, 1.82) is 0 Å². The summed E-state index contributed by atoms with van der Waals surface area (Å²) in [5.41, 5.74) is 8.07. The molecule has 1 aromatic heterocycles. The van der Waals surface area contributed by atoms with Crippen molar-refractivity contribution in [1.82, 2.24) is 5.32 Å². The maximum absolute atomic E-state index is 12.0. The third-order valence-electron chi connectivity index (χ3n) is 3.03. The summed E-state index contributed by atoms with van der Waals surface area (Å²) in [7, 11) is 0. The molecule has 0 fully saturated rings. The van der Waals surface area contributed by atoms with Gasteiger partial charge < -0.3 is 21.1 Å². The molecular weight excluding hydrogens is 302 g/mol. The average molecular weight is 319 g/mol. The van der Waals surface area contributed by atoms with Crippen LogP contribution in [0.2, 0.25) is 0 Å². The number of hydrogen-bond acceptors (Lipinski definition) is 5. The lowest BCUT2D eigenvalue weighted by atomic mass is 10.1. The molecule has 0 aliphatic heterocycles. The Hall–Kier alpha value is -2.38. The largest absolute Gasteiger partial charge is 0.465 e. The molecule has 0 aliphatic rings. The van der Waals surface area contributed by atoms with Crippen LogP contribution in [-0.2, 0) is 16.1 Å². The highest BCUT2D eigenvalue weighted by molar-refractivity contribution is 7.07. The Bertz CT molecular complexity index is 599. The van der Waals surface area contributed by atoms with Crippen LogP contribution in [-0.4, -0.2) is 19.1 Å². The van der Waals surface area contributed by atoms with Crippen molar-refractivity contribution < 1.29 is 14.3 Å². The maximum atomic E-state index is 12.0. The molecule has 1 atom stereocenters. The monoisotopic (exact) mass is 319 g/mol. The number of ether oxygens (including phenoxy) is 1. The first-order valence-corrected chi connectivity index (χ1v) is 7.61. The lowest BCUT2D eigenvalue weighted by Gasteiger charge is -2.17. The molecule has 0 aliphatic carbocycles. The lowest BCUT2D eigenvalue weighted by Crippen LogP contribution is -2.34. The molecule has 0 saturated carbocycles. The highest BCUT2D eigenvalue weighted by Crippen LogP contribution is 2.17. The molecular formula is C15H17N3O3S. The maximum Gasteiger partial charge on any atom is 0.319 e. The summed E-state index contributed by atoms with van der Waals surface area (Å²) in [6, 6.07) is 8.38. The zero-order valence-electron chi connectivity index (χ0n) is 11.8. The molecule has 1 heterocycles. The van der Waals surface area contributed by atoms with Gasteiger partial charge in [-0.25, -0.2) is 4.79 Å². The third-order valence-corrected chi connectivity index (χ3v) is 3.73. The van der Waals surface area contributed by atoms with Crippen LogP contribution >= 0.6 is 11.3 Å². The van der Waals surface area contributed by atoms with Crippen molar-refractivity contribution in [3.05, 3.63) is 52.2 Å². The van der Waals surface area contributed by atoms with Gasteiger partial charge in [0.2, 0.25) is 0 Å². The zero-order chi connectivity index (χ0) is 15.8. The van der Waals surface area contributed by atoms with E-state index < -0.39 is 0 Å². The van der Waals surface area contributed by atoms with Crippen LogP contribution in [0.1, 0.15) is 17.2 Å². The van der Waals surface area contributed by atoms with E-state index in [4.69, 9.17) is 10.5 Å². The molecule has 2 amide bonds. The second-order valence-corrected chi connectivity index (χ2v) is 5.32. The van der Waals surface area contributed by atoms with Crippen LogP contribution in [0.5, 0.6) is 0 Å². The number of carbonyl (C=O) groups excluding carboxylic acids is 2. The molecule has 22 heavy (non-hydrogen) atoms. The number of nitrogens with one attached hydrogen (secondary N) is 2. The van der Waals surface area contributed by atoms with E-state index in [9.17, 15) is 9.59 Å². The highest BCUT2D eigenvalue weighted by Gasteiger charge is 2.15. The van der Waals surface area contributed by atoms with E-state index in [1.165, 1.54) is 11.3 Å². The number of benzene rings is 1. The first-order chi connectivity index (χ1) is 10.7. The average Bonchev–Trinajstić information content (AvgIpc) is 3.06. The van der Waals surface area contributed by atoms with Gasteiger partial charge in [-0.3, -0.25) is 4.79 Å². The van der Waals surface area contributed by atoms with E-state index in [0.29, 0.717) is 18.7 Å². The Balaban J connectivity index is 1.96. The van der Waals surface area contributed by atoms with Crippen molar-refractivity contribution in [2.24, 2.45) is 5.73 Å². The SMILES string of the molecule is NCc1ccc(NC(=O)NC(COC=O)c2ccsc2)cc1. The van der Waals surface area contributed by atoms with Crippen LogP contribution in [0.3, 0.4) is 0 Å². The highest BCUT2D eigenvalue weighted by atomic mass is 32.1. The van der Waals surface area contributed by atoms with Gasteiger partial charge in [-0.2, -0.15) is 11.3 Å². The summed E-state index contributed by atoms with van der Waals surface area (Å²) in [5.74, 6) is 0. The Morgan fingerprint density at radius 3 is 2.68 bits per heavy atom. The van der Waals surface area contributed by atoms with Gasteiger partial charge >= 0.3 is 6.03 Å². The number of amides is 2. The number of thiophene rings is 1. The van der Waals surface area contributed by atoms with Gasteiger partial charge in [0.25, 0.3) is 6.47 Å². The molecule has 0 bridgehead atoms. The van der Waals surface area contributed by atoms with Crippen molar-refractivity contribution in [2.45, 2.75) is 12.6 Å². The standard InChI is InChI=1S/C15H17N3O3S/c16-7-11-1-3-13(4-2-11)17-15(20)18-14(8-21-10-19)12-5-6-22-9-12/h1-6,9-10,14H,7-8,16H2,(H2,17,18,20). The van der Waals surface area contributed by atoms with E-state index in [1.807, 2.05) is 29.0 Å². The number of nitrogens with two attached hydrogens (primary N) is 1. The summed E-state index contributed by atoms with van der Waals surface area (Å²) >= 11 is 1.51. The number of carbonyl (C=O) groups is 2. The Morgan fingerprint density at radius 1 is 1.32 bits per heavy atom. The second-order valence-electron chi connectivity index (χ2n) is 4.54. The van der Waals surface area contributed by atoms with Gasteiger partial charge in [0, 0.05) is 12.2 Å².